The number of benzene rings is 1. The maximum atomic E-state index is 15.1. The van der Waals surface area contributed by atoms with Crippen LogP contribution >= 0.6 is 0 Å². The summed E-state index contributed by atoms with van der Waals surface area (Å²) in [6, 6.07) is 8.90. The molecule has 0 unspecified atom stereocenters. The third-order valence-corrected chi connectivity index (χ3v) is 5.92. The lowest BCUT2D eigenvalue weighted by Gasteiger charge is -2.14. The van der Waals surface area contributed by atoms with Gasteiger partial charge in [0.1, 0.15) is 11.6 Å². The zero-order valence-corrected chi connectivity index (χ0v) is 19.9. The van der Waals surface area contributed by atoms with Crippen molar-refractivity contribution in [2.45, 2.75) is 32.1 Å². The van der Waals surface area contributed by atoms with Gasteiger partial charge in [-0.25, -0.2) is 4.39 Å². The van der Waals surface area contributed by atoms with Gasteiger partial charge in [0.15, 0.2) is 17.4 Å². The molecule has 0 amide bonds. The predicted molar refractivity (Wildman–Crippen MR) is 135 cm³/mol. The van der Waals surface area contributed by atoms with E-state index in [-0.39, 0.29) is 11.8 Å². The molecule has 3 aromatic heterocycles. The van der Waals surface area contributed by atoms with Gasteiger partial charge in [0, 0.05) is 60.5 Å². The molecule has 9 nitrogen and oxygen atoms in total. The SMILES string of the molecule is C=CN(C)CCCNc1cc(Nc2cc(C3CC3)[nH]n2)nc(Oc2ccc3[nH]c(C)cc3c2F)n1. The Kier molecular flexibility index (Phi) is 6.26. The molecule has 0 spiro atoms. The fourth-order valence-electron chi connectivity index (χ4n) is 3.86. The second kappa shape index (κ2) is 9.65. The highest BCUT2D eigenvalue weighted by molar-refractivity contribution is 5.82. The Morgan fingerprint density at radius 1 is 1.20 bits per heavy atom. The monoisotopic (exact) mass is 476 g/mol. The van der Waals surface area contributed by atoms with Crippen molar-refractivity contribution >= 4 is 28.4 Å². The molecule has 35 heavy (non-hydrogen) atoms. The Bertz CT molecular complexity index is 1340. The van der Waals surface area contributed by atoms with Crippen molar-refractivity contribution in [3.05, 3.63) is 60.3 Å². The first-order chi connectivity index (χ1) is 17.0. The summed E-state index contributed by atoms with van der Waals surface area (Å²) in [7, 11) is 1.97. The Morgan fingerprint density at radius 2 is 2.03 bits per heavy atom. The van der Waals surface area contributed by atoms with Crippen molar-refractivity contribution in [3.8, 4) is 11.8 Å². The average molecular weight is 477 g/mol. The van der Waals surface area contributed by atoms with Crippen LogP contribution in [0.2, 0.25) is 0 Å². The largest absolute Gasteiger partial charge is 0.421 e. The molecule has 1 aliphatic carbocycles. The quantitative estimate of drug-likeness (QED) is 0.214. The van der Waals surface area contributed by atoms with Crippen molar-refractivity contribution in [2.75, 3.05) is 30.8 Å². The van der Waals surface area contributed by atoms with E-state index < -0.39 is 5.82 Å². The lowest BCUT2D eigenvalue weighted by atomic mass is 10.2. The summed E-state index contributed by atoms with van der Waals surface area (Å²) in [6.07, 6.45) is 5.03. The Morgan fingerprint density at radius 3 is 2.83 bits per heavy atom. The van der Waals surface area contributed by atoms with Gasteiger partial charge in [-0.2, -0.15) is 15.1 Å². The van der Waals surface area contributed by atoms with Crippen LogP contribution in [-0.4, -0.2) is 50.2 Å². The van der Waals surface area contributed by atoms with Crippen LogP contribution in [0.4, 0.5) is 21.8 Å². The highest BCUT2D eigenvalue weighted by Gasteiger charge is 2.25. The van der Waals surface area contributed by atoms with Gasteiger partial charge in [0.2, 0.25) is 0 Å². The zero-order chi connectivity index (χ0) is 24.4. The summed E-state index contributed by atoms with van der Waals surface area (Å²) in [5.41, 5.74) is 2.69. The van der Waals surface area contributed by atoms with Gasteiger partial charge in [0.05, 0.1) is 0 Å². The van der Waals surface area contributed by atoms with Crippen LogP contribution in [0.25, 0.3) is 10.9 Å². The van der Waals surface area contributed by atoms with Crippen molar-refractivity contribution in [3.63, 3.8) is 0 Å². The number of rotatable bonds is 11. The van der Waals surface area contributed by atoms with E-state index in [0.29, 0.717) is 40.8 Å². The van der Waals surface area contributed by atoms with E-state index in [1.165, 1.54) is 12.8 Å². The molecular weight excluding hydrogens is 447 g/mol. The number of ether oxygens (including phenoxy) is 1. The summed E-state index contributed by atoms with van der Waals surface area (Å²) in [6.45, 7) is 7.19. The van der Waals surface area contributed by atoms with E-state index in [4.69, 9.17) is 4.74 Å². The summed E-state index contributed by atoms with van der Waals surface area (Å²) in [5, 5.41) is 14.4. The maximum Gasteiger partial charge on any atom is 0.326 e. The second-order valence-electron chi connectivity index (χ2n) is 8.87. The molecule has 182 valence electrons. The number of hydrogen-bond donors (Lipinski definition) is 4. The van der Waals surface area contributed by atoms with E-state index >= 15 is 4.39 Å². The number of H-pyrrole nitrogens is 2. The Balaban J connectivity index is 1.38. The molecular formula is C25H29FN8O. The highest BCUT2D eigenvalue weighted by atomic mass is 19.1. The summed E-state index contributed by atoms with van der Waals surface area (Å²) in [5.74, 6) is 1.87. The number of aromatic nitrogens is 5. The van der Waals surface area contributed by atoms with Gasteiger partial charge in [-0.05, 0) is 50.6 Å². The number of anilines is 3. The Labute approximate surface area is 202 Å². The molecule has 4 aromatic rings. The minimum absolute atomic E-state index is 0.0316. The van der Waals surface area contributed by atoms with Crippen LogP contribution in [-0.2, 0) is 0 Å². The molecule has 0 aliphatic heterocycles. The van der Waals surface area contributed by atoms with E-state index in [1.54, 1.807) is 30.5 Å². The zero-order valence-electron chi connectivity index (χ0n) is 19.9. The number of nitrogens with zero attached hydrogens (tertiary/aromatic N) is 4. The maximum absolute atomic E-state index is 15.1. The van der Waals surface area contributed by atoms with E-state index in [0.717, 1.165) is 24.4 Å². The normalized spacial score (nSPS) is 13.1. The topological polar surface area (TPSA) is 107 Å². The number of halogens is 1. The molecule has 0 bridgehead atoms. The first-order valence-electron chi connectivity index (χ1n) is 11.7. The summed E-state index contributed by atoms with van der Waals surface area (Å²) in [4.78, 5) is 14.0. The molecule has 0 radical (unpaired) electrons. The van der Waals surface area contributed by atoms with Crippen molar-refractivity contribution < 1.29 is 9.13 Å². The number of fused-ring (bicyclic) bond motifs is 1. The fourth-order valence-corrected chi connectivity index (χ4v) is 3.86. The van der Waals surface area contributed by atoms with Crippen molar-refractivity contribution in [2.24, 2.45) is 0 Å². The lowest BCUT2D eigenvalue weighted by Crippen LogP contribution is -2.16. The third kappa shape index (κ3) is 5.37. The number of hydrogen-bond acceptors (Lipinski definition) is 7. The highest BCUT2D eigenvalue weighted by Crippen LogP contribution is 2.39. The van der Waals surface area contributed by atoms with Gasteiger partial charge in [0.25, 0.3) is 0 Å². The average Bonchev–Trinajstić information content (AvgIpc) is 3.47. The van der Waals surface area contributed by atoms with Crippen LogP contribution in [0.3, 0.4) is 0 Å². The van der Waals surface area contributed by atoms with Gasteiger partial charge >= 0.3 is 6.01 Å². The standard InChI is InChI=1S/C25H29FN8O/c1-4-34(3)11-5-10-27-21-14-22(29-23-13-19(32-33-23)16-6-7-16)31-25(30-21)35-20-9-8-18-17(24(20)26)12-15(2)28-18/h4,8-9,12-14,16,28H,1,5-7,10-11H2,2-3H3,(H3,27,29,30,31,32,33). The van der Waals surface area contributed by atoms with Crippen LogP contribution in [0, 0.1) is 12.7 Å². The number of aromatic amines is 2. The minimum atomic E-state index is -0.461. The summed E-state index contributed by atoms with van der Waals surface area (Å²) < 4.78 is 20.9. The molecule has 1 aromatic carbocycles. The molecule has 1 saturated carbocycles. The predicted octanol–water partition coefficient (Wildman–Crippen LogP) is 5.42. The first kappa shape index (κ1) is 22.7. The van der Waals surface area contributed by atoms with Gasteiger partial charge < -0.3 is 25.3 Å². The number of nitrogens with one attached hydrogen (secondary N) is 4. The minimum Gasteiger partial charge on any atom is -0.421 e. The third-order valence-electron chi connectivity index (χ3n) is 5.92. The van der Waals surface area contributed by atoms with Gasteiger partial charge in [-0.1, -0.05) is 6.58 Å². The molecule has 10 heteroatoms. The van der Waals surface area contributed by atoms with Gasteiger partial charge in [-0.3, -0.25) is 5.10 Å². The molecule has 0 atom stereocenters. The van der Waals surface area contributed by atoms with E-state index in [1.807, 2.05) is 24.9 Å². The van der Waals surface area contributed by atoms with Crippen LogP contribution < -0.4 is 15.4 Å². The van der Waals surface area contributed by atoms with Gasteiger partial charge in [-0.15, -0.1) is 0 Å². The smallest absolute Gasteiger partial charge is 0.326 e. The summed E-state index contributed by atoms with van der Waals surface area (Å²) >= 11 is 0. The molecule has 5 rings (SSSR count). The molecule has 0 saturated heterocycles. The molecule has 1 fully saturated rings. The van der Waals surface area contributed by atoms with Crippen LogP contribution in [0.15, 0.2) is 43.1 Å². The number of aryl methyl sites for hydroxylation is 1. The fraction of sp³-hybridized carbons (Fsp3) is 0.320. The van der Waals surface area contributed by atoms with Crippen molar-refractivity contribution in [1.82, 2.24) is 30.0 Å². The van der Waals surface area contributed by atoms with Crippen molar-refractivity contribution in [1.29, 1.82) is 0 Å². The van der Waals surface area contributed by atoms with E-state index in [9.17, 15) is 0 Å². The van der Waals surface area contributed by atoms with Crippen LogP contribution in [0.5, 0.6) is 11.8 Å². The molecule has 1 aliphatic rings. The Hall–Kier alpha value is -4.08. The second-order valence-corrected chi connectivity index (χ2v) is 8.87. The first-order valence-corrected chi connectivity index (χ1v) is 11.7. The van der Waals surface area contributed by atoms with E-state index in [2.05, 4.69) is 42.4 Å². The molecule has 3 heterocycles. The lowest BCUT2D eigenvalue weighted by molar-refractivity contribution is 0.415. The van der Waals surface area contributed by atoms with Crippen LogP contribution in [0.1, 0.15) is 36.6 Å². The molecule has 4 N–H and O–H groups in total.